The monoisotopic (exact) mass is 295 g/mol. The maximum Gasteiger partial charge on any atom is 0.229 e. The van der Waals surface area contributed by atoms with Crippen molar-refractivity contribution in [3.05, 3.63) is 29.3 Å². The van der Waals surface area contributed by atoms with Crippen LogP contribution in [0, 0.1) is 5.41 Å². The van der Waals surface area contributed by atoms with Gasteiger partial charge in [0.15, 0.2) is 0 Å². The third-order valence-corrected chi connectivity index (χ3v) is 4.17. The average Bonchev–Trinajstić information content (AvgIpc) is 2.47. The number of para-hydroxylation sites is 1. The fraction of sp³-hybridized carbons (Fsp3) is 0.533. The van der Waals surface area contributed by atoms with Gasteiger partial charge >= 0.3 is 0 Å². The smallest absolute Gasteiger partial charge is 0.229 e. The van der Waals surface area contributed by atoms with Crippen LogP contribution in [0.2, 0.25) is 5.02 Å². The molecule has 0 unspecified atom stereocenters. The number of piperazine rings is 1. The molecule has 0 bridgehead atoms. The largest absolute Gasteiger partial charge is 0.367 e. The molecular formula is C15H22ClN3O. The lowest BCUT2D eigenvalue weighted by molar-refractivity contribution is -0.140. The second-order valence-corrected chi connectivity index (χ2v) is 6.23. The summed E-state index contributed by atoms with van der Waals surface area (Å²) in [5, 5.41) is 0.759. The summed E-state index contributed by atoms with van der Waals surface area (Å²) in [7, 11) is 0. The third kappa shape index (κ3) is 3.07. The SMILES string of the molecule is CC(C)(CN)C(=O)N1CCN(c2ccccc2Cl)CC1. The molecule has 110 valence electrons. The van der Waals surface area contributed by atoms with Crippen LogP contribution in [0.3, 0.4) is 0 Å². The molecule has 0 aromatic heterocycles. The van der Waals surface area contributed by atoms with Gasteiger partial charge < -0.3 is 15.5 Å². The van der Waals surface area contributed by atoms with Crippen molar-refractivity contribution in [2.24, 2.45) is 11.1 Å². The number of amides is 1. The summed E-state index contributed by atoms with van der Waals surface area (Å²) < 4.78 is 0. The molecule has 1 heterocycles. The number of anilines is 1. The van der Waals surface area contributed by atoms with E-state index in [9.17, 15) is 4.79 Å². The first-order valence-corrected chi connectivity index (χ1v) is 7.32. The number of nitrogens with zero attached hydrogens (tertiary/aromatic N) is 2. The highest BCUT2D eigenvalue weighted by Crippen LogP contribution is 2.27. The summed E-state index contributed by atoms with van der Waals surface area (Å²) in [6, 6.07) is 7.82. The number of benzene rings is 1. The van der Waals surface area contributed by atoms with E-state index in [1.165, 1.54) is 0 Å². The molecule has 0 saturated carbocycles. The van der Waals surface area contributed by atoms with Crippen LogP contribution in [-0.2, 0) is 4.79 Å². The first-order valence-electron chi connectivity index (χ1n) is 6.94. The highest BCUT2D eigenvalue weighted by atomic mass is 35.5. The Hall–Kier alpha value is -1.26. The molecule has 0 spiro atoms. The van der Waals surface area contributed by atoms with Gasteiger partial charge in [0.1, 0.15) is 0 Å². The van der Waals surface area contributed by atoms with Crippen molar-refractivity contribution < 1.29 is 4.79 Å². The molecule has 1 aliphatic heterocycles. The number of hydrogen-bond donors (Lipinski definition) is 1. The zero-order chi connectivity index (χ0) is 14.8. The Bertz CT molecular complexity index is 482. The van der Waals surface area contributed by atoms with Crippen LogP contribution in [0.5, 0.6) is 0 Å². The lowest BCUT2D eigenvalue weighted by Gasteiger charge is -2.39. The molecule has 1 amide bonds. The Morgan fingerprint density at radius 2 is 1.85 bits per heavy atom. The number of hydrogen-bond acceptors (Lipinski definition) is 3. The third-order valence-electron chi connectivity index (χ3n) is 3.85. The number of carbonyl (C=O) groups is 1. The van der Waals surface area contributed by atoms with Gasteiger partial charge in [0, 0.05) is 32.7 Å². The minimum absolute atomic E-state index is 0.138. The maximum atomic E-state index is 12.4. The Balaban J connectivity index is 2.00. The number of carbonyl (C=O) groups excluding carboxylic acids is 1. The molecule has 2 rings (SSSR count). The van der Waals surface area contributed by atoms with Crippen molar-refractivity contribution >= 4 is 23.2 Å². The van der Waals surface area contributed by atoms with Crippen LogP contribution in [0.15, 0.2) is 24.3 Å². The topological polar surface area (TPSA) is 49.6 Å². The lowest BCUT2D eigenvalue weighted by Crippen LogP contribution is -2.53. The van der Waals surface area contributed by atoms with Crippen LogP contribution >= 0.6 is 11.6 Å². The normalized spacial score (nSPS) is 16.4. The predicted octanol–water partition coefficient (Wildman–Crippen LogP) is 1.97. The summed E-state index contributed by atoms with van der Waals surface area (Å²) in [5.41, 5.74) is 6.24. The molecule has 1 aromatic rings. The molecule has 20 heavy (non-hydrogen) atoms. The minimum Gasteiger partial charge on any atom is -0.367 e. The molecule has 5 heteroatoms. The maximum absolute atomic E-state index is 12.4. The van der Waals surface area contributed by atoms with Crippen molar-refractivity contribution in [3.63, 3.8) is 0 Å². The number of halogens is 1. The standard InChI is InChI=1S/C15H22ClN3O/c1-15(2,11-17)14(20)19-9-7-18(8-10-19)13-6-4-3-5-12(13)16/h3-6H,7-11,17H2,1-2H3. The predicted molar refractivity (Wildman–Crippen MR) is 83.1 cm³/mol. The second-order valence-electron chi connectivity index (χ2n) is 5.82. The van der Waals surface area contributed by atoms with Gasteiger partial charge in [0.2, 0.25) is 5.91 Å². The van der Waals surface area contributed by atoms with E-state index < -0.39 is 5.41 Å². The average molecular weight is 296 g/mol. The van der Waals surface area contributed by atoms with Crippen LogP contribution in [0.4, 0.5) is 5.69 Å². The van der Waals surface area contributed by atoms with E-state index in [4.69, 9.17) is 17.3 Å². The highest BCUT2D eigenvalue weighted by molar-refractivity contribution is 6.33. The molecule has 1 fully saturated rings. The fourth-order valence-electron chi connectivity index (χ4n) is 2.37. The number of nitrogens with two attached hydrogens (primary N) is 1. The van der Waals surface area contributed by atoms with Crippen molar-refractivity contribution in [2.75, 3.05) is 37.6 Å². The van der Waals surface area contributed by atoms with Crippen LogP contribution < -0.4 is 10.6 Å². The second kappa shape index (κ2) is 6.02. The van der Waals surface area contributed by atoms with Gasteiger partial charge in [-0.15, -0.1) is 0 Å². The van der Waals surface area contributed by atoms with Crippen molar-refractivity contribution in [1.82, 2.24) is 4.90 Å². The van der Waals surface area contributed by atoms with Crippen molar-refractivity contribution in [2.45, 2.75) is 13.8 Å². The molecule has 1 saturated heterocycles. The Kier molecular flexibility index (Phi) is 4.55. The molecule has 1 aliphatic rings. The van der Waals surface area contributed by atoms with Gasteiger partial charge in [-0.05, 0) is 26.0 Å². The van der Waals surface area contributed by atoms with Crippen molar-refractivity contribution in [3.8, 4) is 0 Å². The van der Waals surface area contributed by atoms with E-state index in [2.05, 4.69) is 4.90 Å². The molecule has 0 radical (unpaired) electrons. The zero-order valence-corrected chi connectivity index (χ0v) is 12.9. The van der Waals surface area contributed by atoms with Crippen molar-refractivity contribution in [1.29, 1.82) is 0 Å². The Labute approximate surface area is 125 Å². The van der Waals surface area contributed by atoms with Gasteiger partial charge in [-0.2, -0.15) is 0 Å². The number of rotatable bonds is 3. The van der Waals surface area contributed by atoms with Crippen LogP contribution in [0.1, 0.15) is 13.8 Å². The van der Waals surface area contributed by atoms with Gasteiger partial charge in [-0.1, -0.05) is 23.7 Å². The fourth-order valence-corrected chi connectivity index (χ4v) is 2.63. The summed E-state index contributed by atoms with van der Waals surface area (Å²) >= 11 is 6.21. The molecule has 1 aromatic carbocycles. The summed E-state index contributed by atoms with van der Waals surface area (Å²) in [4.78, 5) is 16.5. The van der Waals surface area contributed by atoms with E-state index in [1.54, 1.807) is 0 Å². The Morgan fingerprint density at radius 1 is 1.25 bits per heavy atom. The van der Waals surface area contributed by atoms with Gasteiger partial charge in [-0.25, -0.2) is 0 Å². The first kappa shape index (κ1) is 15.1. The van der Waals surface area contributed by atoms with E-state index >= 15 is 0 Å². The minimum atomic E-state index is -0.480. The molecule has 2 N–H and O–H groups in total. The van der Waals surface area contributed by atoms with Gasteiger partial charge in [-0.3, -0.25) is 4.79 Å². The quantitative estimate of drug-likeness (QED) is 0.927. The summed E-state index contributed by atoms with van der Waals surface area (Å²) in [6.07, 6.45) is 0. The summed E-state index contributed by atoms with van der Waals surface area (Å²) in [5.74, 6) is 0.138. The lowest BCUT2D eigenvalue weighted by atomic mass is 9.91. The van der Waals surface area contributed by atoms with E-state index in [0.29, 0.717) is 19.6 Å². The Morgan fingerprint density at radius 3 is 2.40 bits per heavy atom. The molecule has 0 atom stereocenters. The van der Waals surface area contributed by atoms with Crippen LogP contribution in [-0.4, -0.2) is 43.5 Å². The van der Waals surface area contributed by atoms with E-state index in [-0.39, 0.29) is 5.91 Å². The molecule has 0 aliphatic carbocycles. The van der Waals surface area contributed by atoms with E-state index in [1.807, 2.05) is 43.0 Å². The summed E-state index contributed by atoms with van der Waals surface area (Å²) in [6.45, 7) is 7.20. The molecule has 4 nitrogen and oxygen atoms in total. The van der Waals surface area contributed by atoms with Crippen LogP contribution in [0.25, 0.3) is 0 Å². The highest BCUT2D eigenvalue weighted by Gasteiger charge is 2.32. The zero-order valence-electron chi connectivity index (χ0n) is 12.1. The van der Waals surface area contributed by atoms with Gasteiger partial charge in [0.05, 0.1) is 16.1 Å². The van der Waals surface area contributed by atoms with Gasteiger partial charge in [0.25, 0.3) is 0 Å². The molecular weight excluding hydrogens is 274 g/mol. The van der Waals surface area contributed by atoms with E-state index in [0.717, 1.165) is 23.8 Å². The first-order chi connectivity index (χ1) is 9.45.